The fourth-order valence-electron chi connectivity index (χ4n) is 1.84. The van der Waals surface area contributed by atoms with Crippen LogP contribution in [0.1, 0.15) is 20.3 Å². The van der Waals surface area contributed by atoms with Gasteiger partial charge in [0.25, 0.3) is 0 Å². The Labute approximate surface area is 67.5 Å². The molecule has 1 heterocycles. The molecule has 64 valence electrons. The molecule has 0 radical (unpaired) electrons. The summed E-state index contributed by atoms with van der Waals surface area (Å²) in [6.45, 7) is 5.98. The molecule has 0 aromatic rings. The maximum Gasteiger partial charge on any atom is 0.314 e. The van der Waals surface area contributed by atoms with Crippen molar-refractivity contribution in [3.8, 4) is 0 Å². The SMILES string of the molecule is CC1CC(C)CN(C(N)=O)C1. The van der Waals surface area contributed by atoms with Gasteiger partial charge in [0.05, 0.1) is 0 Å². The number of primary amides is 1. The second-order valence-electron chi connectivity index (χ2n) is 3.69. The first-order valence-corrected chi connectivity index (χ1v) is 4.14. The Morgan fingerprint density at radius 2 is 1.82 bits per heavy atom. The first-order valence-electron chi connectivity index (χ1n) is 4.14. The third-order valence-corrected chi connectivity index (χ3v) is 2.18. The van der Waals surface area contributed by atoms with Crippen molar-refractivity contribution in [1.82, 2.24) is 4.90 Å². The molecule has 3 heteroatoms. The molecule has 1 aliphatic rings. The number of urea groups is 1. The molecule has 0 saturated carbocycles. The lowest BCUT2D eigenvalue weighted by atomic mass is 9.92. The highest BCUT2D eigenvalue weighted by Gasteiger charge is 2.23. The zero-order valence-corrected chi connectivity index (χ0v) is 7.21. The van der Waals surface area contributed by atoms with Gasteiger partial charge in [-0.1, -0.05) is 13.8 Å². The molecule has 1 rings (SSSR count). The van der Waals surface area contributed by atoms with Gasteiger partial charge in [-0.2, -0.15) is 0 Å². The van der Waals surface area contributed by atoms with E-state index in [1.807, 2.05) is 0 Å². The number of carbonyl (C=O) groups excluding carboxylic acids is 1. The maximum atomic E-state index is 10.8. The largest absolute Gasteiger partial charge is 0.351 e. The summed E-state index contributed by atoms with van der Waals surface area (Å²) in [6, 6.07) is -0.275. The van der Waals surface area contributed by atoms with Crippen molar-refractivity contribution in [1.29, 1.82) is 0 Å². The minimum atomic E-state index is -0.275. The van der Waals surface area contributed by atoms with Gasteiger partial charge < -0.3 is 10.6 Å². The molecule has 0 aromatic carbocycles. The van der Waals surface area contributed by atoms with E-state index in [0.29, 0.717) is 11.8 Å². The van der Waals surface area contributed by atoms with Crippen LogP contribution >= 0.6 is 0 Å². The van der Waals surface area contributed by atoms with Crippen molar-refractivity contribution >= 4 is 6.03 Å². The molecule has 3 nitrogen and oxygen atoms in total. The molecular formula is C8H16N2O. The quantitative estimate of drug-likeness (QED) is 0.559. The number of nitrogens with two attached hydrogens (primary N) is 1. The number of hydrogen-bond donors (Lipinski definition) is 1. The molecule has 0 spiro atoms. The summed E-state index contributed by atoms with van der Waals surface area (Å²) in [5.41, 5.74) is 5.18. The van der Waals surface area contributed by atoms with Gasteiger partial charge in [0.2, 0.25) is 0 Å². The molecule has 11 heavy (non-hydrogen) atoms. The van der Waals surface area contributed by atoms with Crippen molar-refractivity contribution in [3.05, 3.63) is 0 Å². The highest BCUT2D eigenvalue weighted by Crippen LogP contribution is 2.20. The lowest BCUT2D eigenvalue weighted by Gasteiger charge is -2.33. The average Bonchev–Trinajstić information content (AvgIpc) is 1.85. The summed E-state index contributed by atoms with van der Waals surface area (Å²) >= 11 is 0. The predicted octanol–water partition coefficient (Wildman–Crippen LogP) is 1.04. The Morgan fingerprint density at radius 3 is 2.18 bits per heavy atom. The van der Waals surface area contributed by atoms with Gasteiger partial charge in [-0.05, 0) is 18.3 Å². The first-order chi connectivity index (χ1) is 5.09. The maximum absolute atomic E-state index is 10.8. The van der Waals surface area contributed by atoms with Crippen molar-refractivity contribution in [2.45, 2.75) is 20.3 Å². The molecule has 1 fully saturated rings. The number of hydrogen-bond acceptors (Lipinski definition) is 1. The van der Waals surface area contributed by atoms with Gasteiger partial charge >= 0.3 is 6.03 Å². The summed E-state index contributed by atoms with van der Waals surface area (Å²) in [4.78, 5) is 12.5. The lowest BCUT2D eigenvalue weighted by molar-refractivity contribution is 0.153. The van der Waals surface area contributed by atoms with Crippen molar-refractivity contribution in [2.75, 3.05) is 13.1 Å². The van der Waals surface area contributed by atoms with Crippen LogP contribution in [-0.4, -0.2) is 24.0 Å². The lowest BCUT2D eigenvalue weighted by Crippen LogP contribution is -2.45. The summed E-state index contributed by atoms with van der Waals surface area (Å²) in [5, 5.41) is 0. The number of nitrogens with zero attached hydrogens (tertiary/aromatic N) is 1. The Morgan fingerprint density at radius 1 is 1.36 bits per heavy atom. The van der Waals surface area contributed by atoms with Crippen LogP contribution in [0.4, 0.5) is 4.79 Å². The molecule has 2 atom stereocenters. The molecule has 2 amide bonds. The average molecular weight is 156 g/mol. The second-order valence-corrected chi connectivity index (χ2v) is 3.69. The summed E-state index contributed by atoms with van der Waals surface area (Å²) in [7, 11) is 0. The van der Waals surface area contributed by atoms with Gasteiger partial charge in [0, 0.05) is 13.1 Å². The predicted molar refractivity (Wildman–Crippen MR) is 44.1 cm³/mol. The topological polar surface area (TPSA) is 46.3 Å². The van der Waals surface area contributed by atoms with Crippen LogP contribution in [0.25, 0.3) is 0 Å². The molecular weight excluding hydrogens is 140 g/mol. The first kappa shape index (κ1) is 8.37. The summed E-state index contributed by atoms with van der Waals surface area (Å²) in [5.74, 6) is 1.21. The fraction of sp³-hybridized carbons (Fsp3) is 0.875. The van der Waals surface area contributed by atoms with Gasteiger partial charge in [0.1, 0.15) is 0 Å². The molecule has 0 aliphatic carbocycles. The van der Waals surface area contributed by atoms with Crippen LogP contribution in [0, 0.1) is 11.8 Å². The van der Waals surface area contributed by atoms with E-state index < -0.39 is 0 Å². The van der Waals surface area contributed by atoms with E-state index in [0.717, 1.165) is 13.1 Å². The molecule has 0 bridgehead atoms. The molecule has 2 unspecified atom stereocenters. The van der Waals surface area contributed by atoms with Crippen LogP contribution < -0.4 is 5.73 Å². The minimum Gasteiger partial charge on any atom is -0.351 e. The van der Waals surface area contributed by atoms with Crippen LogP contribution in [0.3, 0.4) is 0 Å². The van der Waals surface area contributed by atoms with Crippen LogP contribution in [0.2, 0.25) is 0 Å². The van der Waals surface area contributed by atoms with E-state index in [1.165, 1.54) is 6.42 Å². The van der Waals surface area contributed by atoms with E-state index in [1.54, 1.807) is 4.90 Å². The van der Waals surface area contributed by atoms with Crippen LogP contribution in [0.15, 0.2) is 0 Å². The standard InChI is InChI=1S/C8H16N2O/c1-6-3-7(2)5-10(4-6)8(9)11/h6-7H,3-5H2,1-2H3,(H2,9,11). The van der Waals surface area contributed by atoms with E-state index >= 15 is 0 Å². The Kier molecular flexibility index (Phi) is 2.37. The highest BCUT2D eigenvalue weighted by molar-refractivity contribution is 5.72. The molecule has 2 N–H and O–H groups in total. The van der Waals surface area contributed by atoms with E-state index in [4.69, 9.17) is 5.73 Å². The Bertz CT molecular complexity index is 148. The Hall–Kier alpha value is -0.730. The number of piperidine rings is 1. The minimum absolute atomic E-state index is 0.275. The molecule has 0 aromatic heterocycles. The van der Waals surface area contributed by atoms with E-state index in [9.17, 15) is 4.79 Å². The number of rotatable bonds is 0. The highest BCUT2D eigenvalue weighted by atomic mass is 16.2. The van der Waals surface area contributed by atoms with Crippen LogP contribution in [0.5, 0.6) is 0 Å². The van der Waals surface area contributed by atoms with E-state index in [2.05, 4.69) is 13.8 Å². The van der Waals surface area contributed by atoms with Gasteiger partial charge in [-0.15, -0.1) is 0 Å². The summed E-state index contributed by atoms with van der Waals surface area (Å²) < 4.78 is 0. The zero-order valence-electron chi connectivity index (χ0n) is 7.21. The number of amides is 2. The molecule has 1 aliphatic heterocycles. The van der Waals surface area contributed by atoms with Crippen molar-refractivity contribution in [3.63, 3.8) is 0 Å². The monoisotopic (exact) mass is 156 g/mol. The third-order valence-electron chi connectivity index (χ3n) is 2.18. The van der Waals surface area contributed by atoms with Crippen molar-refractivity contribution in [2.24, 2.45) is 17.6 Å². The van der Waals surface area contributed by atoms with Crippen LogP contribution in [-0.2, 0) is 0 Å². The molecule has 1 saturated heterocycles. The fourth-order valence-corrected chi connectivity index (χ4v) is 1.84. The smallest absolute Gasteiger partial charge is 0.314 e. The third kappa shape index (κ3) is 2.10. The number of carbonyl (C=O) groups is 1. The van der Waals surface area contributed by atoms with E-state index in [-0.39, 0.29) is 6.03 Å². The van der Waals surface area contributed by atoms with Gasteiger partial charge in [-0.3, -0.25) is 0 Å². The Balaban J connectivity index is 2.49. The second kappa shape index (κ2) is 3.11. The normalized spacial score (nSPS) is 32.0. The van der Waals surface area contributed by atoms with Gasteiger partial charge in [0.15, 0.2) is 0 Å². The van der Waals surface area contributed by atoms with Gasteiger partial charge in [-0.25, -0.2) is 4.79 Å². The summed E-state index contributed by atoms with van der Waals surface area (Å²) in [6.07, 6.45) is 1.21. The van der Waals surface area contributed by atoms with Crippen molar-refractivity contribution < 1.29 is 4.79 Å². The number of likely N-dealkylation sites (tertiary alicyclic amines) is 1. The zero-order chi connectivity index (χ0) is 8.43.